The molecule has 158 valence electrons. The van der Waals surface area contributed by atoms with Crippen LogP contribution in [0.5, 0.6) is 0 Å². The third-order valence-corrected chi connectivity index (χ3v) is 5.07. The van der Waals surface area contributed by atoms with Gasteiger partial charge in [-0.25, -0.2) is 4.98 Å². The first kappa shape index (κ1) is 21.5. The minimum absolute atomic E-state index is 0.113. The number of fused-ring (bicyclic) bond motifs is 1. The molecule has 1 aromatic heterocycles. The standard InChI is InChI=1S/C22H22F3N3O2/c1-14-6-4-9-17-19(14)27-13-28(20(17)30)11-18(29)26-12-21(2,3)15-7-5-8-16(10-15)22(23,24)25/h4-10,13H,11-12H2,1-3H3,(H,26,29). The number of hydrogen-bond acceptors (Lipinski definition) is 3. The molecule has 0 spiro atoms. The van der Waals surface area contributed by atoms with Gasteiger partial charge >= 0.3 is 6.18 Å². The summed E-state index contributed by atoms with van der Waals surface area (Å²) in [5, 5.41) is 3.13. The number of nitrogens with zero attached hydrogens (tertiary/aromatic N) is 2. The number of alkyl halides is 3. The van der Waals surface area contributed by atoms with Crippen LogP contribution in [0.15, 0.2) is 53.6 Å². The maximum atomic E-state index is 13.0. The minimum atomic E-state index is -4.43. The second-order valence-corrected chi connectivity index (χ2v) is 7.89. The molecule has 0 unspecified atom stereocenters. The van der Waals surface area contributed by atoms with E-state index in [4.69, 9.17) is 0 Å². The molecule has 30 heavy (non-hydrogen) atoms. The van der Waals surface area contributed by atoms with Crippen LogP contribution in [0.4, 0.5) is 13.2 Å². The Kier molecular flexibility index (Phi) is 5.70. The number of carbonyl (C=O) groups is 1. The molecule has 3 aromatic rings. The van der Waals surface area contributed by atoms with E-state index < -0.39 is 23.1 Å². The van der Waals surface area contributed by atoms with E-state index in [0.29, 0.717) is 16.5 Å². The molecule has 0 saturated heterocycles. The summed E-state index contributed by atoms with van der Waals surface area (Å²) in [7, 11) is 0. The summed E-state index contributed by atoms with van der Waals surface area (Å²) >= 11 is 0. The topological polar surface area (TPSA) is 64.0 Å². The molecule has 0 bridgehead atoms. The Bertz CT molecular complexity index is 1150. The summed E-state index contributed by atoms with van der Waals surface area (Å²) in [6.45, 7) is 5.22. The fourth-order valence-electron chi connectivity index (χ4n) is 3.20. The van der Waals surface area contributed by atoms with Crippen LogP contribution >= 0.6 is 0 Å². The predicted molar refractivity (Wildman–Crippen MR) is 108 cm³/mol. The molecule has 0 aliphatic carbocycles. The van der Waals surface area contributed by atoms with Crippen LogP contribution in [0.25, 0.3) is 10.9 Å². The second kappa shape index (κ2) is 7.93. The Morgan fingerprint density at radius 1 is 1.10 bits per heavy atom. The molecule has 1 heterocycles. The quantitative estimate of drug-likeness (QED) is 0.687. The van der Waals surface area contributed by atoms with Crippen molar-refractivity contribution in [2.75, 3.05) is 6.54 Å². The van der Waals surface area contributed by atoms with E-state index in [1.807, 2.05) is 13.0 Å². The van der Waals surface area contributed by atoms with Crippen molar-refractivity contribution >= 4 is 16.8 Å². The fraction of sp³-hybridized carbons (Fsp3) is 0.318. The number of aryl methyl sites for hydroxylation is 1. The maximum Gasteiger partial charge on any atom is 0.416 e. The zero-order valence-electron chi connectivity index (χ0n) is 16.9. The average Bonchev–Trinajstić information content (AvgIpc) is 2.69. The molecule has 0 aliphatic heterocycles. The van der Waals surface area contributed by atoms with Crippen molar-refractivity contribution in [1.29, 1.82) is 0 Å². The van der Waals surface area contributed by atoms with Crippen LogP contribution in [-0.4, -0.2) is 22.0 Å². The summed E-state index contributed by atoms with van der Waals surface area (Å²) in [5.41, 5.74) is 0.117. The normalized spacial score (nSPS) is 12.2. The van der Waals surface area contributed by atoms with Crippen LogP contribution in [0.2, 0.25) is 0 Å². The maximum absolute atomic E-state index is 13.0. The third kappa shape index (κ3) is 4.53. The summed E-state index contributed by atoms with van der Waals surface area (Å²) in [6, 6.07) is 10.3. The monoisotopic (exact) mass is 417 g/mol. The third-order valence-electron chi connectivity index (χ3n) is 5.07. The van der Waals surface area contributed by atoms with Crippen molar-refractivity contribution in [1.82, 2.24) is 14.9 Å². The lowest BCUT2D eigenvalue weighted by Crippen LogP contribution is -2.39. The van der Waals surface area contributed by atoms with E-state index in [1.54, 1.807) is 32.0 Å². The Morgan fingerprint density at radius 3 is 2.47 bits per heavy atom. The Labute approximate surface area is 171 Å². The number of halogens is 3. The first-order chi connectivity index (χ1) is 14.0. The van der Waals surface area contributed by atoms with Gasteiger partial charge in [0.15, 0.2) is 0 Å². The van der Waals surface area contributed by atoms with Gasteiger partial charge in [-0.15, -0.1) is 0 Å². The highest BCUT2D eigenvalue weighted by Gasteiger charge is 2.32. The van der Waals surface area contributed by atoms with Gasteiger partial charge in [0, 0.05) is 12.0 Å². The van der Waals surface area contributed by atoms with Crippen molar-refractivity contribution < 1.29 is 18.0 Å². The summed E-state index contributed by atoms with van der Waals surface area (Å²) < 4.78 is 40.2. The summed E-state index contributed by atoms with van der Waals surface area (Å²) in [6.07, 6.45) is -3.10. The second-order valence-electron chi connectivity index (χ2n) is 7.89. The number of amides is 1. The average molecular weight is 417 g/mol. The molecule has 8 heteroatoms. The van der Waals surface area contributed by atoms with Gasteiger partial charge in [-0.2, -0.15) is 13.2 Å². The molecule has 0 aliphatic rings. The number of aromatic nitrogens is 2. The molecule has 0 radical (unpaired) electrons. The highest BCUT2D eigenvalue weighted by molar-refractivity contribution is 5.81. The molecular weight excluding hydrogens is 395 g/mol. The van der Waals surface area contributed by atoms with Crippen molar-refractivity contribution in [3.63, 3.8) is 0 Å². The van der Waals surface area contributed by atoms with Gasteiger partial charge in [0.05, 0.1) is 22.8 Å². The molecule has 0 atom stereocenters. The van der Waals surface area contributed by atoms with E-state index in [0.717, 1.165) is 17.7 Å². The number of rotatable bonds is 5. The van der Waals surface area contributed by atoms with Crippen LogP contribution < -0.4 is 10.9 Å². The highest BCUT2D eigenvalue weighted by Crippen LogP contribution is 2.32. The van der Waals surface area contributed by atoms with Crippen LogP contribution in [-0.2, 0) is 22.9 Å². The van der Waals surface area contributed by atoms with Crippen molar-refractivity contribution in [3.05, 3.63) is 75.8 Å². The molecule has 5 nitrogen and oxygen atoms in total. The number of nitrogens with one attached hydrogen (secondary N) is 1. The zero-order chi connectivity index (χ0) is 22.1. The largest absolute Gasteiger partial charge is 0.416 e. The lowest BCUT2D eigenvalue weighted by atomic mass is 9.83. The molecule has 0 saturated carbocycles. The van der Waals surface area contributed by atoms with E-state index in [-0.39, 0.29) is 18.6 Å². The van der Waals surface area contributed by atoms with Crippen LogP contribution in [0.1, 0.15) is 30.5 Å². The Morgan fingerprint density at radius 2 is 1.77 bits per heavy atom. The molecular formula is C22H22F3N3O2. The summed E-state index contributed by atoms with van der Waals surface area (Å²) in [5.74, 6) is -0.425. The van der Waals surface area contributed by atoms with Crippen molar-refractivity contribution in [2.45, 2.75) is 38.9 Å². The fourth-order valence-corrected chi connectivity index (χ4v) is 3.20. The Hall–Kier alpha value is -3.16. The Balaban J connectivity index is 1.72. The predicted octanol–water partition coefficient (Wildman–Crippen LogP) is 3.82. The smallest absolute Gasteiger partial charge is 0.354 e. The minimum Gasteiger partial charge on any atom is -0.354 e. The highest BCUT2D eigenvalue weighted by atomic mass is 19.4. The molecule has 3 rings (SSSR count). The molecule has 1 amide bonds. The van der Waals surface area contributed by atoms with E-state index in [2.05, 4.69) is 10.3 Å². The number of para-hydroxylation sites is 1. The first-order valence-corrected chi connectivity index (χ1v) is 9.38. The van der Waals surface area contributed by atoms with Crippen molar-refractivity contribution in [2.24, 2.45) is 0 Å². The van der Waals surface area contributed by atoms with E-state index >= 15 is 0 Å². The van der Waals surface area contributed by atoms with Gasteiger partial charge in [0.25, 0.3) is 5.56 Å². The number of carbonyl (C=O) groups excluding carboxylic acids is 1. The van der Waals surface area contributed by atoms with Gasteiger partial charge in [0.2, 0.25) is 5.91 Å². The van der Waals surface area contributed by atoms with Crippen molar-refractivity contribution in [3.8, 4) is 0 Å². The van der Waals surface area contributed by atoms with Gasteiger partial charge in [0.1, 0.15) is 6.54 Å². The van der Waals surface area contributed by atoms with Gasteiger partial charge in [-0.3, -0.25) is 14.2 Å². The van der Waals surface area contributed by atoms with Gasteiger partial charge in [-0.1, -0.05) is 44.2 Å². The first-order valence-electron chi connectivity index (χ1n) is 9.38. The van der Waals surface area contributed by atoms with Crippen LogP contribution in [0, 0.1) is 6.92 Å². The van der Waals surface area contributed by atoms with E-state index in [9.17, 15) is 22.8 Å². The zero-order valence-corrected chi connectivity index (χ0v) is 16.9. The lowest BCUT2D eigenvalue weighted by Gasteiger charge is -2.26. The summed E-state index contributed by atoms with van der Waals surface area (Å²) in [4.78, 5) is 29.3. The van der Waals surface area contributed by atoms with E-state index in [1.165, 1.54) is 17.0 Å². The molecule has 2 aromatic carbocycles. The SMILES string of the molecule is Cc1cccc2c(=O)n(CC(=O)NCC(C)(C)c3cccc(C(F)(F)F)c3)cnc12. The lowest BCUT2D eigenvalue weighted by molar-refractivity contribution is -0.137. The number of hydrogen-bond donors (Lipinski definition) is 1. The van der Waals surface area contributed by atoms with Gasteiger partial charge < -0.3 is 5.32 Å². The van der Waals surface area contributed by atoms with Gasteiger partial charge in [-0.05, 0) is 30.2 Å². The molecule has 1 N–H and O–H groups in total. The number of benzene rings is 2. The molecule has 0 fully saturated rings. The van der Waals surface area contributed by atoms with Crippen LogP contribution in [0.3, 0.4) is 0 Å².